The average Bonchev–Trinajstić information content (AvgIpc) is 2.01. The highest BCUT2D eigenvalue weighted by molar-refractivity contribution is 9.10. The summed E-state index contributed by atoms with van der Waals surface area (Å²) in [6, 6.07) is 3.58. The van der Waals surface area contributed by atoms with E-state index in [1.54, 1.807) is 13.0 Å². The standard InChI is InChI=1S/C10H10BrClO/c1-3-7-4-8(12)5-9(11)10(7)6(2)13/h4-5H,3H2,1-2H3. The molecular weight excluding hydrogens is 251 g/mol. The van der Waals surface area contributed by atoms with Crippen LogP contribution in [-0.2, 0) is 6.42 Å². The van der Waals surface area contributed by atoms with Crippen molar-refractivity contribution in [3.8, 4) is 0 Å². The van der Waals surface area contributed by atoms with Crippen molar-refractivity contribution in [2.75, 3.05) is 0 Å². The zero-order chi connectivity index (χ0) is 10.0. The van der Waals surface area contributed by atoms with Gasteiger partial charge in [0, 0.05) is 15.1 Å². The molecule has 1 aromatic carbocycles. The van der Waals surface area contributed by atoms with E-state index in [1.807, 2.05) is 13.0 Å². The summed E-state index contributed by atoms with van der Waals surface area (Å²) in [7, 11) is 0. The highest BCUT2D eigenvalue weighted by Gasteiger charge is 2.11. The largest absolute Gasteiger partial charge is 0.294 e. The molecule has 0 spiro atoms. The van der Waals surface area contributed by atoms with E-state index in [1.165, 1.54) is 0 Å². The van der Waals surface area contributed by atoms with Crippen molar-refractivity contribution in [3.63, 3.8) is 0 Å². The quantitative estimate of drug-likeness (QED) is 0.739. The molecule has 0 aromatic heterocycles. The number of hydrogen-bond acceptors (Lipinski definition) is 1. The molecule has 1 aromatic rings. The van der Waals surface area contributed by atoms with Gasteiger partial charge in [-0.15, -0.1) is 0 Å². The van der Waals surface area contributed by atoms with E-state index in [0.29, 0.717) is 5.02 Å². The molecule has 0 radical (unpaired) electrons. The third kappa shape index (κ3) is 2.32. The first-order chi connectivity index (χ1) is 6.06. The first kappa shape index (κ1) is 10.7. The topological polar surface area (TPSA) is 17.1 Å². The van der Waals surface area contributed by atoms with Gasteiger partial charge in [-0.1, -0.05) is 18.5 Å². The third-order valence-electron chi connectivity index (χ3n) is 1.87. The van der Waals surface area contributed by atoms with Gasteiger partial charge in [-0.3, -0.25) is 4.79 Å². The number of benzene rings is 1. The van der Waals surface area contributed by atoms with Crippen molar-refractivity contribution < 1.29 is 4.79 Å². The maximum absolute atomic E-state index is 11.3. The van der Waals surface area contributed by atoms with Crippen molar-refractivity contribution in [1.82, 2.24) is 0 Å². The van der Waals surface area contributed by atoms with Crippen LogP contribution in [0.25, 0.3) is 0 Å². The lowest BCUT2D eigenvalue weighted by atomic mass is 10.0. The molecule has 0 amide bonds. The SMILES string of the molecule is CCc1cc(Cl)cc(Br)c1C(C)=O. The predicted molar refractivity (Wildman–Crippen MR) is 58.5 cm³/mol. The van der Waals surface area contributed by atoms with Gasteiger partial charge < -0.3 is 0 Å². The number of hydrogen-bond donors (Lipinski definition) is 0. The van der Waals surface area contributed by atoms with Crippen LogP contribution in [0.2, 0.25) is 5.02 Å². The molecule has 1 rings (SSSR count). The highest BCUT2D eigenvalue weighted by Crippen LogP contribution is 2.26. The maximum Gasteiger partial charge on any atom is 0.161 e. The minimum atomic E-state index is 0.0698. The highest BCUT2D eigenvalue weighted by atomic mass is 79.9. The second-order valence-corrected chi connectivity index (χ2v) is 4.12. The Morgan fingerprint density at radius 2 is 2.15 bits per heavy atom. The van der Waals surface area contributed by atoms with Crippen molar-refractivity contribution in [2.45, 2.75) is 20.3 Å². The molecule has 1 nitrogen and oxygen atoms in total. The second-order valence-electron chi connectivity index (χ2n) is 2.83. The summed E-state index contributed by atoms with van der Waals surface area (Å²) < 4.78 is 0.782. The number of rotatable bonds is 2. The second kappa shape index (κ2) is 4.25. The van der Waals surface area contributed by atoms with Crippen LogP contribution < -0.4 is 0 Å². The zero-order valence-corrected chi connectivity index (χ0v) is 9.87. The molecule has 0 aliphatic rings. The Morgan fingerprint density at radius 1 is 1.54 bits per heavy atom. The van der Waals surface area contributed by atoms with E-state index in [-0.39, 0.29) is 5.78 Å². The van der Waals surface area contributed by atoms with Crippen molar-refractivity contribution in [2.24, 2.45) is 0 Å². The van der Waals surface area contributed by atoms with Gasteiger partial charge in [0.25, 0.3) is 0 Å². The van der Waals surface area contributed by atoms with Crippen molar-refractivity contribution in [1.29, 1.82) is 0 Å². The average molecular weight is 262 g/mol. The lowest BCUT2D eigenvalue weighted by Crippen LogP contribution is -2.00. The number of ketones is 1. The van der Waals surface area contributed by atoms with Crippen LogP contribution in [0.4, 0.5) is 0 Å². The minimum absolute atomic E-state index is 0.0698. The van der Waals surface area contributed by atoms with E-state index in [2.05, 4.69) is 15.9 Å². The summed E-state index contributed by atoms with van der Waals surface area (Å²) in [5.74, 6) is 0.0698. The van der Waals surface area contributed by atoms with E-state index < -0.39 is 0 Å². The van der Waals surface area contributed by atoms with Gasteiger partial charge in [0.1, 0.15) is 0 Å². The molecule has 0 heterocycles. The molecular formula is C10H10BrClO. The monoisotopic (exact) mass is 260 g/mol. The number of carbonyl (C=O) groups is 1. The van der Waals surface area contributed by atoms with Crippen LogP contribution in [0.15, 0.2) is 16.6 Å². The summed E-state index contributed by atoms with van der Waals surface area (Å²) in [5, 5.41) is 0.661. The van der Waals surface area contributed by atoms with E-state index in [9.17, 15) is 4.79 Å². The summed E-state index contributed by atoms with van der Waals surface area (Å²) in [6.45, 7) is 3.57. The number of carbonyl (C=O) groups excluding carboxylic acids is 1. The van der Waals surface area contributed by atoms with Gasteiger partial charge in [0.15, 0.2) is 5.78 Å². The van der Waals surface area contributed by atoms with Crippen LogP contribution in [0.5, 0.6) is 0 Å². The fraction of sp³-hybridized carbons (Fsp3) is 0.300. The van der Waals surface area contributed by atoms with Gasteiger partial charge in [-0.2, -0.15) is 0 Å². The molecule has 0 aliphatic carbocycles. The summed E-state index contributed by atoms with van der Waals surface area (Å²) in [5.41, 5.74) is 1.73. The number of aryl methyl sites for hydroxylation is 1. The molecule has 70 valence electrons. The maximum atomic E-state index is 11.3. The Bertz CT molecular complexity index is 347. The first-order valence-electron chi connectivity index (χ1n) is 4.05. The molecule has 0 atom stereocenters. The van der Waals surface area contributed by atoms with Gasteiger partial charge in [-0.05, 0) is 47.0 Å². The van der Waals surface area contributed by atoms with Crippen LogP contribution in [0.1, 0.15) is 29.8 Å². The molecule has 0 unspecified atom stereocenters. The Morgan fingerprint density at radius 3 is 2.62 bits per heavy atom. The minimum Gasteiger partial charge on any atom is -0.294 e. The smallest absolute Gasteiger partial charge is 0.161 e. The Balaban J connectivity index is 3.38. The van der Waals surface area contributed by atoms with Gasteiger partial charge in [0.05, 0.1) is 0 Å². The van der Waals surface area contributed by atoms with Crippen LogP contribution in [0.3, 0.4) is 0 Å². The van der Waals surface area contributed by atoms with Crippen LogP contribution in [-0.4, -0.2) is 5.78 Å². The lowest BCUT2D eigenvalue weighted by molar-refractivity contribution is 0.101. The normalized spacial score (nSPS) is 10.2. The molecule has 0 bridgehead atoms. The van der Waals surface area contributed by atoms with Crippen molar-refractivity contribution >= 4 is 33.3 Å². The molecule has 0 saturated heterocycles. The molecule has 3 heteroatoms. The fourth-order valence-electron chi connectivity index (χ4n) is 1.30. The van der Waals surface area contributed by atoms with E-state index in [0.717, 1.165) is 22.0 Å². The Hall–Kier alpha value is -0.340. The zero-order valence-electron chi connectivity index (χ0n) is 7.53. The van der Waals surface area contributed by atoms with E-state index in [4.69, 9.17) is 11.6 Å². The molecule has 0 saturated carbocycles. The van der Waals surface area contributed by atoms with Crippen LogP contribution >= 0.6 is 27.5 Å². The number of Topliss-reactive ketones (excluding diaryl/α,β-unsaturated/α-hetero) is 1. The fourth-order valence-corrected chi connectivity index (χ4v) is 2.45. The summed E-state index contributed by atoms with van der Waals surface area (Å²) in [6.07, 6.45) is 0.814. The first-order valence-corrected chi connectivity index (χ1v) is 5.22. The molecule has 0 aliphatic heterocycles. The molecule has 13 heavy (non-hydrogen) atoms. The molecule has 0 N–H and O–H groups in total. The van der Waals surface area contributed by atoms with Crippen molar-refractivity contribution in [3.05, 3.63) is 32.8 Å². The van der Waals surface area contributed by atoms with Gasteiger partial charge >= 0.3 is 0 Å². The summed E-state index contributed by atoms with van der Waals surface area (Å²) in [4.78, 5) is 11.3. The predicted octanol–water partition coefficient (Wildman–Crippen LogP) is 3.87. The Labute approximate surface area is 91.2 Å². The van der Waals surface area contributed by atoms with Crippen LogP contribution in [0, 0.1) is 0 Å². The lowest BCUT2D eigenvalue weighted by Gasteiger charge is -2.07. The van der Waals surface area contributed by atoms with Gasteiger partial charge in [0.2, 0.25) is 0 Å². The Kier molecular flexibility index (Phi) is 3.51. The molecule has 0 fully saturated rings. The number of halogens is 2. The van der Waals surface area contributed by atoms with E-state index >= 15 is 0 Å². The summed E-state index contributed by atoms with van der Waals surface area (Å²) >= 11 is 9.20. The van der Waals surface area contributed by atoms with Gasteiger partial charge in [-0.25, -0.2) is 0 Å². The third-order valence-corrected chi connectivity index (χ3v) is 2.71.